The van der Waals surface area contributed by atoms with Gasteiger partial charge >= 0.3 is 0 Å². The first-order valence-corrected chi connectivity index (χ1v) is 9.86. The van der Waals surface area contributed by atoms with E-state index in [1.165, 1.54) is 4.57 Å². The molecular formula is C23H23N5O3. The molecule has 0 saturated heterocycles. The molecule has 0 radical (unpaired) electrons. The monoisotopic (exact) mass is 417 g/mol. The number of ether oxygens (including phenoxy) is 2. The molecule has 0 saturated carbocycles. The van der Waals surface area contributed by atoms with Crippen molar-refractivity contribution < 1.29 is 9.47 Å². The summed E-state index contributed by atoms with van der Waals surface area (Å²) in [6.45, 7) is 3.99. The molecule has 3 heterocycles. The Kier molecular flexibility index (Phi) is 5.53. The molecule has 8 nitrogen and oxygen atoms in total. The van der Waals surface area contributed by atoms with Crippen LogP contribution in [0, 0.1) is 0 Å². The second-order valence-electron chi connectivity index (χ2n) is 7.35. The highest BCUT2D eigenvalue weighted by molar-refractivity contribution is 5.82. The number of fused-ring (bicyclic) bond motifs is 1. The first kappa shape index (κ1) is 20.3. The predicted molar refractivity (Wildman–Crippen MR) is 120 cm³/mol. The van der Waals surface area contributed by atoms with E-state index >= 15 is 0 Å². The fourth-order valence-corrected chi connectivity index (χ4v) is 3.13. The third-order valence-electron chi connectivity index (χ3n) is 4.67. The van der Waals surface area contributed by atoms with Gasteiger partial charge in [-0.25, -0.2) is 15.0 Å². The molecule has 0 unspecified atom stereocenters. The maximum atomic E-state index is 12.8. The Morgan fingerprint density at radius 2 is 1.84 bits per heavy atom. The molecule has 158 valence electrons. The molecule has 31 heavy (non-hydrogen) atoms. The summed E-state index contributed by atoms with van der Waals surface area (Å²) in [5, 5.41) is 4.05. The van der Waals surface area contributed by atoms with Gasteiger partial charge in [-0.1, -0.05) is 6.07 Å². The van der Waals surface area contributed by atoms with Crippen molar-refractivity contribution in [1.82, 2.24) is 19.5 Å². The van der Waals surface area contributed by atoms with E-state index in [2.05, 4.69) is 20.3 Å². The lowest BCUT2D eigenvalue weighted by Crippen LogP contribution is -2.25. The summed E-state index contributed by atoms with van der Waals surface area (Å²) >= 11 is 0. The Balaban J connectivity index is 1.64. The van der Waals surface area contributed by atoms with Crippen LogP contribution in [0.2, 0.25) is 0 Å². The lowest BCUT2D eigenvalue weighted by Gasteiger charge is -2.13. The van der Waals surface area contributed by atoms with Crippen LogP contribution in [-0.4, -0.2) is 32.7 Å². The number of methoxy groups -OCH3 is 1. The Hall–Kier alpha value is -3.94. The van der Waals surface area contributed by atoms with E-state index in [4.69, 9.17) is 9.47 Å². The second kappa shape index (κ2) is 8.43. The average molecular weight is 417 g/mol. The highest BCUT2D eigenvalue weighted by Gasteiger charge is 2.12. The van der Waals surface area contributed by atoms with Crippen LogP contribution in [-0.2, 0) is 7.05 Å². The highest BCUT2D eigenvalue weighted by atomic mass is 16.5. The van der Waals surface area contributed by atoms with Crippen molar-refractivity contribution in [2.45, 2.75) is 19.9 Å². The molecule has 4 rings (SSSR count). The van der Waals surface area contributed by atoms with Gasteiger partial charge in [0.25, 0.3) is 5.56 Å². The number of hydrogen-bond acceptors (Lipinski definition) is 7. The molecule has 0 aliphatic heterocycles. The molecule has 0 fully saturated rings. The topological polar surface area (TPSA) is 91.2 Å². The fourth-order valence-electron chi connectivity index (χ4n) is 3.13. The van der Waals surface area contributed by atoms with E-state index < -0.39 is 0 Å². The number of hydrogen-bond donors (Lipinski definition) is 1. The van der Waals surface area contributed by atoms with Crippen LogP contribution in [0.25, 0.3) is 22.2 Å². The molecule has 4 aromatic rings. The van der Waals surface area contributed by atoms with Crippen molar-refractivity contribution >= 4 is 16.9 Å². The lowest BCUT2D eigenvalue weighted by molar-refractivity contribution is 0.392. The van der Waals surface area contributed by atoms with E-state index in [-0.39, 0.29) is 11.6 Å². The summed E-state index contributed by atoms with van der Waals surface area (Å²) in [5.41, 5.74) is 1.62. The first-order chi connectivity index (χ1) is 14.9. The number of aromatic nitrogens is 4. The van der Waals surface area contributed by atoms with Crippen molar-refractivity contribution in [1.29, 1.82) is 0 Å². The number of nitrogens with zero attached hydrogens (tertiary/aromatic N) is 4. The molecule has 8 heteroatoms. The highest BCUT2D eigenvalue weighted by Crippen LogP contribution is 2.27. The van der Waals surface area contributed by atoms with Crippen LogP contribution in [0.1, 0.15) is 13.8 Å². The maximum absolute atomic E-state index is 12.8. The summed E-state index contributed by atoms with van der Waals surface area (Å²) in [6.07, 6.45) is 3.19. The zero-order chi connectivity index (χ0) is 22.0. The molecule has 3 aromatic heterocycles. The molecular weight excluding hydrogens is 394 g/mol. The van der Waals surface area contributed by atoms with Gasteiger partial charge in [-0.15, -0.1) is 0 Å². The second-order valence-corrected chi connectivity index (χ2v) is 7.35. The molecule has 0 spiro atoms. The molecule has 0 atom stereocenters. The number of pyridine rings is 2. The van der Waals surface area contributed by atoms with Crippen molar-refractivity contribution in [2.75, 3.05) is 12.4 Å². The molecule has 1 N–H and O–H groups in total. The SMILES string of the molecule is COc1cc(Oc2ccc3nc(-c4cnc(NC(C)C)n(C)c4=O)ccc3c2)ccn1. The lowest BCUT2D eigenvalue weighted by atomic mass is 10.1. The van der Waals surface area contributed by atoms with Gasteiger partial charge in [-0.3, -0.25) is 9.36 Å². The Morgan fingerprint density at radius 3 is 2.61 bits per heavy atom. The van der Waals surface area contributed by atoms with Crippen molar-refractivity contribution in [3.63, 3.8) is 0 Å². The summed E-state index contributed by atoms with van der Waals surface area (Å²) in [6, 6.07) is 13.0. The summed E-state index contributed by atoms with van der Waals surface area (Å²) in [4.78, 5) is 25.9. The molecule has 0 bridgehead atoms. The zero-order valence-electron chi connectivity index (χ0n) is 17.8. The minimum absolute atomic E-state index is 0.156. The minimum Gasteiger partial charge on any atom is -0.481 e. The molecule has 0 amide bonds. The van der Waals surface area contributed by atoms with Gasteiger partial charge in [0.15, 0.2) is 0 Å². The number of anilines is 1. The fraction of sp³-hybridized carbons (Fsp3) is 0.217. The largest absolute Gasteiger partial charge is 0.481 e. The number of rotatable bonds is 6. The predicted octanol–water partition coefficient (Wildman–Crippen LogP) is 4.01. The van der Waals surface area contributed by atoms with Gasteiger partial charge in [0, 0.05) is 36.9 Å². The van der Waals surface area contributed by atoms with Gasteiger partial charge in [-0.05, 0) is 44.2 Å². The van der Waals surface area contributed by atoms with Crippen LogP contribution >= 0.6 is 0 Å². The Labute approximate surface area is 179 Å². The quantitative estimate of drug-likeness (QED) is 0.507. The van der Waals surface area contributed by atoms with E-state index in [1.807, 2.05) is 44.2 Å². The normalized spacial score (nSPS) is 11.0. The summed E-state index contributed by atoms with van der Waals surface area (Å²) in [7, 11) is 3.25. The van der Waals surface area contributed by atoms with E-state index in [1.54, 1.807) is 38.7 Å². The number of benzene rings is 1. The van der Waals surface area contributed by atoms with Crippen LogP contribution in [0.3, 0.4) is 0 Å². The minimum atomic E-state index is -0.156. The van der Waals surface area contributed by atoms with Crippen molar-refractivity contribution in [3.8, 4) is 28.6 Å². The summed E-state index contributed by atoms with van der Waals surface area (Å²) < 4.78 is 12.5. The van der Waals surface area contributed by atoms with Crippen molar-refractivity contribution in [3.05, 3.63) is 65.2 Å². The Bertz CT molecular complexity index is 1300. The van der Waals surface area contributed by atoms with Gasteiger partial charge < -0.3 is 14.8 Å². The van der Waals surface area contributed by atoms with Gasteiger partial charge in [-0.2, -0.15) is 0 Å². The number of nitrogens with one attached hydrogen (secondary N) is 1. The van der Waals surface area contributed by atoms with Crippen LogP contribution in [0.5, 0.6) is 17.4 Å². The van der Waals surface area contributed by atoms with Crippen LogP contribution < -0.4 is 20.3 Å². The smallest absolute Gasteiger partial charge is 0.264 e. The Morgan fingerprint density at radius 1 is 1.03 bits per heavy atom. The maximum Gasteiger partial charge on any atom is 0.264 e. The zero-order valence-corrected chi connectivity index (χ0v) is 17.8. The van der Waals surface area contributed by atoms with Gasteiger partial charge in [0.1, 0.15) is 11.5 Å². The average Bonchev–Trinajstić information content (AvgIpc) is 2.76. The summed E-state index contributed by atoms with van der Waals surface area (Å²) in [5.74, 6) is 2.30. The third-order valence-corrected chi connectivity index (χ3v) is 4.67. The van der Waals surface area contributed by atoms with Crippen molar-refractivity contribution in [2.24, 2.45) is 7.05 Å². The molecule has 0 aliphatic carbocycles. The van der Waals surface area contributed by atoms with E-state index in [0.29, 0.717) is 34.6 Å². The molecule has 1 aromatic carbocycles. The standard InChI is InChI=1S/C23H23N5O3/c1-14(2)26-23-25-13-18(22(29)28(23)3)20-7-5-15-11-16(6-8-19(15)27-20)31-17-9-10-24-21(12-17)30-4/h5-14H,1-4H3,(H,25,26). The first-order valence-electron chi connectivity index (χ1n) is 9.86. The molecule has 0 aliphatic rings. The van der Waals surface area contributed by atoms with Crippen LogP contribution in [0.4, 0.5) is 5.95 Å². The van der Waals surface area contributed by atoms with Crippen LogP contribution in [0.15, 0.2) is 59.7 Å². The third kappa shape index (κ3) is 4.32. The van der Waals surface area contributed by atoms with Gasteiger partial charge in [0.05, 0.1) is 23.9 Å². The van der Waals surface area contributed by atoms with E-state index in [0.717, 1.165) is 10.9 Å². The van der Waals surface area contributed by atoms with Gasteiger partial charge in [0.2, 0.25) is 11.8 Å². The van der Waals surface area contributed by atoms with E-state index in [9.17, 15) is 4.79 Å².